The molecule has 0 unspecified atom stereocenters. The van der Waals surface area contributed by atoms with E-state index >= 15 is 0 Å². The summed E-state index contributed by atoms with van der Waals surface area (Å²) in [4.78, 5) is 23.5. The molecule has 3 rings (SSSR count). The minimum Gasteiger partial charge on any atom is -0.478 e. The van der Waals surface area contributed by atoms with Crippen molar-refractivity contribution in [2.24, 2.45) is 0 Å². The number of fused-ring (bicyclic) bond motifs is 2. The highest BCUT2D eigenvalue weighted by Gasteiger charge is 2.13. The molecule has 2 aromatic carbocycles. The van der Waals surface area contributed by atoms with E-state index in [0.29, 0.717) is 15.5 Å². The van der Waals surface area contributed by atoms with E-state index in [-0.39, 0.29) is 11.0 Å². The second-order valence-electron chi connectivity index (χ2n) is 3.91. The quantitative estimate of drug-likeness (QED) is 0.680. The van der Waals surface area contributed by atoms with Gasteiger partial charge in [0.1, 0.15) is 0 Å². The van der Waals surface area contributed by atoms with Crippen molar-refractivity contribution in [1.82, 2.24) is 0 Å². The Balaban J connectivity index is 2.61. The Labute approximate surface area is 106 Å². The van der Waals surface area contributed by atoms with Gasteiger partial charge in [-0.05, 0) is 24.3 Å². The molecule has 0 aliphatic carbocycles. The summed E-state index contributed by atoms with van der Waals surface area (Å²) in [5.41, 5.74) is -0.142. The molecular formula is C14H8O3S. The van der Waals surface area contributed by atoms with Crippen LogP contribution >= 0.6 is 11.3 Å². The van der Waals surface area contributed by atoms with Gasteiger partial charge < -0.3 is 5.11 Å². The molecular weight excluding hydrogens is 248 g/mol. The molecule has 3 nitrogen and oxygen atoms in total. The fourth-order valence-electron chi connectivity index (χ4n) is 2.02. The van der Waals surface area contributed by atoms with Gasteiger partial charge in [0.05, 0.1) is 10.9 Å². The molecule has 0 saturated carbocycles. The van der Waals surface area contributed by atoms with Crippen molar-refractivity contribution in [2.75, 3.05) is 0 Å². The predicted molar refractivity (Wildman–Crippen MR) is 72.6 cm³/mol. The smallest absolute Gasteiger partial charge is 0.336 e. The van der Waals surface area contributed by atoms with Crippen LogP contribution in [0.25, 0.3) is 20.2 Å². The van der Waals surface area contributed by atoms with Gasteiger partial charge in [0.25, 0.3) is 0 Å². The van der Waals surface area contributed by atoms with E-state index in [4.69, 9.17) is 5.11 Å². The lowest BCUT2D eigenvalue weighted by Gasteiger charge is -2.03. The fraction of sp³-hybridized carbons (Fsp3) is 0. The Kier molecular flexibility index (Phi) is 2.38. The van der Waals surface area contributed by atoms with Gasteiger partial charge in [0.2, 0.25) is 0 Å². The number of carbonyl (C=O) groups is 1. The van der Waals surface area contributed by atoms with Gasteiger partial charge >= 0.3 is 5.97 Å². The zero-order valence-electron chi connectivity index (χ0n) is 9.21. The third kappa shape index (κ3) is 1.50. The lowest BCUT2D eigenvalue weighted by atomic mass is 10.1. The monoisotopic (exact) mass is 256 g/mol. The van der Waals surface area contributed by atoms with Crippen molar-refractivity contribution < 1.29 is 9.90 Å². The van der Waals surface area contributed by atoms with Crippen LogP contribution in [0.2, 0.25) is 0 Å². The number of hydrogen-bond acceptors (Lipinski definition) is 3. The van der Waals surface area contributed by atoms with Crippen molar-refractivity contribution in [3.05, 3.63) is 58.3 Å². The van der Waals surface area contributed by atoms with Crippen molar-refractivity contribution in [3.63, 3.8) is 0 Å². The second-order valence-corrected chi connectivity index (χ2v) is 4.99. The highest BCUT2D eigenvalue weighted by atomic mass is 32.1. The summed E-state index contributed by atoms with van der Waals surface area (Å²) in [5, 5.41) is 10.0. The van der Waals surface area contributed by atoms with Gasteiger partial charge in [-0.1, -0.05) is 18.2 Å². The molecule has 88 valence electrons. The molecule has 0 aliphatic rings. The van der Waals surface area contributed by atoms with Gasteiger partial charge in [0.15, 0.2) is 5.43 Å². The van der Waals surface area contributed by atoms with E-state index in [1.165, 1.54) is 17.4 Å². The molecule has 1 aromatic heterocycles. The summed E-state index contributed by atoms with van der Waals surface area (Å²) in [6, 6.07) is 12.2. The summed E-state index contributed by atoms with van der Waals surface area (Å²) in [6.07, 6.45) is 0. The third-order valence-corrected chi connectivity index (χ3v) is 3.97. The molecule has 0 fully saturated rings. The summed E-state index contributed by atoms with van der Waals surface area (Å²) in [5.74, 6) is -1.07. The predicted octanol–water partition coefficient (Wildman–Crippen LogP) is 3.11. The number of carboxylic acid groups (broad SMARTS) is 1. The minimum absolute atomic E-state index is 0.0690. The van der Waals surface area contributed by atoms with Crippen LogP contribution in [0, 0.1) is 0 Å². The average molecular weight is 256 g/mol. The van der Waals surface area contributed by atoms with Crippen molar-refractivity contribution >= 4 is 37.5 Å². The van der Waals surface area contributed by atoms with E-state index in [9.17, 15) is 9.59 Å². The number of carboxylic acids is 1. The van der Waals surface area contributed by atoms with Crippen LogP contribution in [0.4, 0.5) is 0 Å². The van der Waals surface area contributed by atoms with Gasteiger partial charge in [-0.25, -0.2) is 4.79 Å². The molecule has 3 aromatic rings. The second kappa shape index (κ2) is 3.92. The first-order valence-electron chi connectivity index (χ1n) is 5.36. The van der Waals surface area contributed by atoms with E-state index in [1.54, 1.807) is 24.3 Å². The van der Waals surface area contributed by atoms with E-state index < -0.39 is 5.97 Å². The Morgan fingerprint density at radius 2 is 1.72 bits per heavy atom. The first-order valence-corrected chi connectivity index (χ1v) is 6.18. The average Bonchev–Trinajstić information content (AvgIpc) is 2.38. The molecule has 0 radical (unpaired) electrons. The molecule has 0 amide bonds. The molecule has 0 saturated heterocycles. The Hall–Kier alpha value is -2.20. The molecule has 0 spiro atoms. The normalized spacial score (nSPS) is 10.9. The SMILES string of the molecule is O=C(O)c1cccc2sc3ccccc3c(=O)c12. The van der Waals surface area contributed by atoms with Crippen molar-refractivity contribution in [3.8, 4) is 0 Å². The summed E-state index contributed by atoms with van der Waals surface area (Å²) >= 11 is 1.43. The zero-order valence-corrected chi connectivity index (χ0v) is 10.0. The maximum atomic E-state index is 12.4. The van der Waals surface area contributed by atoms with E-state index in [1.807, 2.05) is 12.1 Å². The standard InChI is InChI=1S/C14H8O3S/c15-13-8-4-1-2-6-10(8)18-11-7-3-5-9(12(11)13)14(16)17/h1-7H,(H,16,17). The van der Waals surface area contributed by atoms with Crippen LogP contribution < -0.4 is 5.43 Å². The molecule has 0 bridgehead atoms. The van der Waals surface area contributed by atoms with Gasteiger partial charge in [-0.15, -0.1) is 11.3 Å². The van der Waals surface area contributed by atoms with Crippen LogP contribution in [0.5, 0.6) is 0 Å². The number of hydrogen-bond donors (Lipinski definition) is 1. The fourth-order valence-corrected chi connectivity index (χ4v) is 3.13. The molecule has 1 N–H and O–H groups in total. The molecule has 1 heterocycles. The molecule has 18 heavy (non-hydrogen) atoms. The van der Waals surface area contributed by atoms with Crippen LogP contribution in [-0.4, -0.2) is 11.1 Å². The van der Waals surface area contributed by atoms with Crippen LogP contribution in [-0.2, 0) is 0 Å². The Morgan fingerprint density at radius 1 is 1.00 bits per heavy atom. The van der Waals surface area contributed by atoms with Gasteiger partial charge in [-0.2, -0.15) is 0 Å². The van der Waals surface area contributed by atoms with Crippen LogP contribution in [0.15, 0.2) is 47.3 Å². The minimum atomic E-state index is -1.07. The summed E-state index contributed by atoms with van der Waals surface area (Å²) in [7, 11) is 0. The summed E-state index contributed by atoms with van der Waals surface area (Å²) < 4.78 is 1.58. The van der Waals surface area contributed by atoms with Crippen LogP contribution in [0.1, 0.15) is 10.4 Å². The summed E-state index contributed by atoms with van der Waals surface area (Å²) in [6.45, 7) is 0. The molecule has 4 heteroatoms. The Bertz CT molecular complexity index is 833. The van der Waals surface area contributed by atoms with E-state index in [2.05, 4.69) is 0 Å². The third-order valence-electron chi connectivity index (χ3n) is 2.84. The van der Waals surface area contributed by atoms with Crippen LogP contribution in [0.3, 0.4) is 0 Å². The molecule has 0 atom stereocenters. The van der Waals surface area contributed by atoms with Crippen molar-refractivity contribution in [2.45, 2.75) is 0 Å². The van der Waals surface area contributed by atoms with Gasteiger partial charge in [0, 0.05) is 14.8 Å². The van der Waals surface area contributed by atoms with E-state index in [0.717, 1.165) is 4.70 Å². The topological polar surface area (TPSA) is 54.4 Å². The highest BCUT2D eigenvalue weighted by molar-refractivity contribution is 7.24. The number of aromatic carboxylic acids is 1. The highest BCUT2D eigenvalue weighted by Crippen LogP contribution is 2.26. The first-order chi connectivity index (χ1) is 8.68. The zero-order chi connectivity index (χ0) is 12.7. The number of benzene rings is 2. The maximum Gasteiger partial charge on any atom is 0.336 e. The van der Waals surface area contributed by atoms with Crippen molar-refractivity contribution in [1.29, 1.82) is 0 Å². The Morgan fingerprint density at radius 3 is 2.50 bits per heavy atom. The maximum absolute atomic E-state index is 12.4. The molecule has 0 aliphatic heterocycles. The first kappa shape index (κ1) is 10.9. The lowest BCUT2D eigenvalue weighted by molar-refractivity contribution is 0.0699. The largest absolute Gasteiger partial charge is 0.478 e. The lowest BCUT2D eigenvalue weighted by Crippen LogP contribution is -2.07. The van der Waals surface area contributed by atoms with Gasteiger partial charge in [-0.3, -0.25) is 4.79 Å². The number of rotatable bonds is 1.